The molecule has 0 aliphatic rings. The van der Waals surface area contributed by atoms with Crippen LogP contribution in [-0.2, 0) is 0 Å². The molecule has 5 nitrogen and oxygen atoms in total. The molecule has 0 aliphatic heterocycles. The van der Waals surface area contributed by atoms with E-state index in [4.69, 9.17) is 21.6 Å². The molecule has 0 saturated heterocycles. The molecule has 5 heteroatoms. The number of hydrogen-bond acceptors (Lipinski definition) is 4. The molecule has 7 heavy (non-hydrogen) atoms. The molecule has 0 fully saturated rings. The lowest BCUT2D eigenvalue weighted by atomic mass is 11.6. The Bertz CT molecular complexity index is 63.7. The molecule has 0 atom stereocenters. The van der Waals surface area contributed by atoms with Gasteiger partial charge in [-0.15, -0.1) is 0 Å². The van der Waals surface area contributed by atoms with Crippen molar-refractivity contribution in [3.05, 3.63) is 0 Å². The van der Waals surface area contributed by atoms with E-state index >= 15 is 0 Å². The molecule has 0 aliphatic carbocycles. The van der Waals surface area contributed by atoms with E-state index in [-0.39, 0.29) is 5.48 Å². The normalized spacial score (nSPS) is 2.29. The summed E-state index contributed by atoms with van der Waals surface area (Å²) in [5.41, 5.74) is 0. The van der Waals surface area contributed by atoms with Crippen molar-refractivity contribution in [2.75, 3.05) is 0 Å². The Kier molecular flexibility index (Phi) is 310. The Morgan fingerprint density at radius 1 is 0.714 bits per heavy atom. The summed E-state index contributed by atoms with van der Waals surface area (Å²) in [6.45, 7) is 0. The van der Waals surface area contributed by atoms with E-state index < -0.39 is 0 Å². The summed E-state index contributed by atoms with van der Waals surface area (Å²) in [4.78, 5) is 0. The molecule has 0 spiro atoms. The van der Waals surface area contributed by atoms with Gasteiger partial charge in [0.2, 0.25) is 0 Å². The molecule has 0 rings (SSSR count). The SMILES string of the molecule is N=C=N.N=C=N.O. The average Bonchev–Trinajstić information content (AvgIpc) is 1.39. The van der Waals surface area contributed by atoms with Gasteiger partial charge < -0.3 is 5.48 Å². The quantitative estimate of drug-likeness (QED) is 0.302. The molecule has 0 aromatic rings. The zero-order valence-electron chi connectivity index (χ0n) is 3.50. The van der Waals surface area contributed by atoms with Crippen molar-refractivity contribution in [1.29, 1.82) is 21.6 Å². The monoisotopic (exact) mass is 102 g/mol. The molecular formula is C2H6N4O. The standard InChI is InChI=1S/2CH2N2.H2O/c2*2-1-3;/h2*2-3H;1H2. The summed E-state index contributed by atoms with van der Waals surface area (Å²) in [6.07, 6.45) is 0. The van der Waals surface area contributed by atoms with Crippen LogP contribution in [0.2, 0.25) is 0 Å². The zero-order valence-corrected chi connectivity index (χ0v) is 3.50. The molecule has 40 valence electrons. The van der Waals surface area contributed by atoms with E-state index in [1.807, 2.05) is 0 Å². The maximum absolute atomic E-state index is 5.62. The van der Waals surface area contributed by atoms with E-state index in [1.165, 1.54) is 12.0 Å². The molecule has 0 aromatic heterocycles. The van der Waals surface area contributed by atoms with Crippen LogP contribution in [0.3, 0.4) is 0 Å². The average molecular weight is 102 g/mol. The lowest BCUT2D eigenvalue weighted by Crippen LogP contribution is -1.11. The minimum atomic E-state index is 0. The van der Waals surface area contributed by atoms with Gasteiger partial charge in [-0.2, -0.15) is 0 Å². The molecular weight excluding hydrogens is 96.0 g/mol. The largest absolute Gasteiger partial charge is 0.412 e. The fourth-order valence-electron chi connectivity index (χ4n) is 0. The van der Waals surface area contributed by atoms with E-state index in [0.717, 1.165) is 0 Å². The first-order chi connectivity index (χ1) is 2.83. The Hall–Kier alpha value is -1.28. The van der Waals surface area contributed by atoms with Crippen LogP contribution in [0.5, 0.6) is 0 Å². The highest BCUT2D eigenvalue weighted by molar-refractivity contribution is 5.29. The molecule has 0 heterocycles. The van der Waals surface area contributed by atoms with E-state index in [2.05, 4.69) is 0 Å². The number of nitrogens with one attached hydrogen (secondary N) is 4. The number of hydrogen-bond donors (Lipinski definition) is 4. The van der Waals surface area contributed by atoms with Gasteiger partial charge in [-0.1, -0.05) is 0 Å². The van der Waals surface area contributed by atoms with Gasteiger partial charge in [-0.05, 0) is 0 Å². The van der Waals surface area contributed by atoms with Crippen LogP contribution in [0, 0.1) is 21.6 Å². The first-order valence-electron chi connectivity index (χ1n) is 1.00. The lowest BCUT2D eigenvalue weighted by molar-refractivity contribution is 0.824. The van der Waals surface area contributed by atoms with Crippen molar-refractivity contribution in [3.63, 3.8) is 0 Å². The predicted octanol–water partition coefficient (Wildman–Crippen LogP) is -0.189. The summed E-state index contributed by atoms with van der Waals surface area (Å²) in [5.74, 6) is 0. The van der Waals surface area contributed by atoms with Crippen molar-refractivity contribution in [2.45, 2.75) is 0 Å². The van der Waals surface area contributed by atoms with E-state index in [0.29, 0.717) is 0 Å². The van der Waals surface area contributed by atoms with Crippen molar-refractivity contribution in [3.8, 4) is 0 Å². The summed E-state index contributed by atoms with van der Waals surface area (Å²) < 4.78 is 0. The van der Waals surface area contributed by atoms with Crippen LogP contribution in [0.25, 0.3) is 0 Å². The van der Waals surface area contributed by atoms with Crippen LogP contribution in [0.4, 0.5) is 0 Å². The van der Waals surface area contributed by atoms with Gasteiger partial charge in [0.05, 0.1) is 12.0 Å². The topological polar surface area (TPSA) is 127 Å². The zero-order chi connectivity index (χ0) is 5.41. The number of rotatable bonds is 0. The highest BCUT2D eigenvalue weighted by Gasteiger charge is 0.937. The predicted molar refractivity (Wildman–Crippen MR) is 24.5 cm³/mol. The van der Waals surface area contributed by atoms with Crippen LogP contribution in [0.15, 0.2) is 0 Å². The second-order valence-electron chi connectivity index (χ2n) is 0.250. The molecule has 0 radical (unpaired) electrons. The molecule has 0 aromatic carbocycles. The Morgan fingerprint density at radius 2 is 0.714 bits per heavy atom. The van der Waals surface area contributed by atoms with Crippen LogP contribution in [-0.4, -0.2) is 17.5 Å². The van der Waals surface area contributed by atoms with E-state index in [9.17, 15) is 0 Å². The Balaban J connectivity index is -0.0000000400. The van der Waals surface area contributed by atoms with Gasteiger partial charge in [0.25, 0.3) is 0 Å². The first-order valence-corrected chi connectivity index (χ1v) is 1.00. The third-order valence-corrected chi connectivity index (χ3v) is 0. The van der Waals surface area contributed by atoms with Crippen LogP contribution >= 0.6 is 0 Å². The molecule has 6 N–H and O–H groups in total. The second kappa shape index (κ2) is 126. The van der Waals surface area contributed by atoms with Gasteiger partial charge in [0.1, 0.15) is 0 Å². The van der Waals surface area contributed by atoms with Crippen molar-refractivity contribution >= 4 is 12.0 Å². The maximum atomic E-state index is 5.62. The summed E-state index contributed by atoms with van der Waals surface area (Å²) in [6, 6.07) is 2.50. The minimum absolute atomic E-state index is 0. The fourth-order valence-corrected chi connectivity index (χ4v) is 0. The highest BCUT2D eigenvalue weighted by Crippen LogP contribution is 0.923. The van der Waals surface area contributed by atoms with Gasteiger partial charge in [0.15, 0.2) is 0 Å². The smallest absolute Gasteiger partial charge is 0.0831 e. The minimum Gasteiger partial charge on any atom is -0.412 e. The van der Waals surface area contributed by atoms with Gasteiger partial charge in [-0.25, -0.2) is 21.6 Å². The summed E-state index contributed by atoms with van der Waals surface area (Å²) >= 11 is 0. The van der Waals surface area contributed by atoms with Crippen LogP contribution < -0.4 is 0 Å². The first kappa shape index (κ1) is 17.2. The third-order valence-electron chi connectivity index (χ3n) is 0. The van der Waals surface area contributed by atoms with Crippen molar-refractivity contribution in [1.82, 2.24) is 0 Å². The summed E-state index contributed by atoms with van der Waals surface area (Å²) in [5, 5.41) is 22.5. The molecule has 0 amide bonds. The van der Waals surface area contributed by atoms with Crippen molar-refractivity contribution in [2.24, 2.45) is 0 Å². The summed E-state index contributed by atoms with van der Waals surface area (Å²) in [7, 11) is 0. The molecule has 0 unspecified atom stereocenters. The van der Waals surface area contributed by atoms with Gasteiger partial charge >= 0.3 is 0 Å². The van der Waals surface area contributed by atoms with E-state index in [1.54, 1.807) is 0 Å². The molecule has 0 saturated carbocycles. The Labute approximate surface area is 40.3 Å². The van der Waals surface area contributed by atoms with Gasteiger partial charge in [-0.3, -0.25) is 0 Å². The van der Waals surface area contributed by atoms with Crippen LogP contribution in [0.1, 0.15) is 0 Å². The van der Waals surface area contributed by atoms with Gasteiger partial charge in [0, 0.05) is 0 Å². The molecule has 0 bridgehead atoms. The second-order valence-corrected chi connectivity index (χ2v) is 0.250. The third kappa shape index (κ3) is 21.3. The highest BCUT2D eigenvalue weighted by atomic mass is 16.0. The Morgan fingerprint density at radius 3 is 0.714 bits per heavy atom. The lowest BCUT2D eigenvalue weighted by Gasteiger charge is -1.09. The fraction of sp³-hybridized carbons (Fsp3) is 0. The maximum Gasteiger partial charge on any atom is 0.0831 e. The van der Waals surface area contributed by atoms with Crippen molar-refractivity contribution < 1.29 is 5.48 Å².